The minimum Gasteiger partial charge on any atom is -0.260 e. The third-order valence-corrected chi connectivity index (χ3v) is 3.29. The van der Waals surface area contributed by atoms with Crippen LogP contribution in [0.2, 0.25) is 0 Å². The fraction of sp³-hybridized carbons (Fsp3) is 0.0769. The summed E-state index contributed by atoms with van der Waals surface area (Å²) in [6, 6.07) is 11.6. The highest BCUT2D eigenvalue weighted by atomic mass is 79.9. The zero-order valence-electron chi connectivity index (χ0n) is 10.7. The van der Waals surface area contributed by atoms with Gasteiger partial charge < -0.3 is 0 Å². The predicted molar refractivity (Wildman–Crippen MR) is 80.8 cm³/mol. The SMILES string of the molecule is C/C(=N/Nc1ccc2nncn2n1)c1ccc(Br)cc1. The molecule has 0 atom stereocenters. The van der Waals surface area contributed by atoms with E-state index < -0.39 is 0 Å². The van der Waals surface area contributed by atoms with Crippen LogP contribution in [-0.4, -0.2) is 25.5 Å². The van der Waals surface area contributed by atoms with Crippen molar-refractivity contribution in [2.75, 3.05) is 5.43 Å². The van der Waals surface area contributed by atoms with E-state index in [1.165, 1.54) is 0 Å². The van der Waals surface area contributed by atoms with Crippen LogP contribution in [0.5, 0.6) is 0 Å². The van der Waals surface area contributed by atoms with E-state index in [9.17, 15) is 0 Å². The molecule has 0 spiro atoms. The lowest BCUT2D eigenvalue weighted by molar-refractivity contribution is 0.924. The van der Waals surface area contributed by atoms with Crippen LogP contribution in [0.3, 0.4) is 0 Å². The Morgan fingerprint density at radius 1 is 1.20 bits per heavy atom. The number of benzene rings is 1. The summed E-state index contributed by atoms with van der Waals surface area (Å²) < 4.78 is 2.63. The van der Waals surface area contributed by atoms with E-state index in [2.05, 4.69) is 41.8 Å². The molecule has 3 aromatic rings. The molecule has 20 heavy (non-hydrogen) atoms. The number of nitrogens with one attached hydrogen (secondary N) is 1. The van der Waals surface area contributed by atoms with Crippen LogP contribution in [0.4, 0.5) is 5.82 Å². The van der Waals surface area contributed by atoms with Crippen LogP contribution in [0.25, 0.3) is 5.65 Å². The molecule has 0 saturated heterocycles. The number of nitrogens with zero attached hydrogens (tertiary/aromatic N) is 5. The first-order valence-electron chi connectivity index (χ1n) is 5.96. The molecule has 0 aliphatic carbocycles. The Hall–Kier alpha value is -2.28. The minimum absolute atomic E-state index is 0.633. The van der Waals surface area contributed by atoms with Crippen molar-refractivity contribution < 1.29 is 0 Å². The molecule has 2 aromatic heterocycles. The maximum absolute atomic E-state index is 4.32. The number of rotatable bonds is 3. The summed E-state index contributed by atoms with van der Waals surface area (Å²) in [6.07, 6.45) is 1.55. The van der Waals surface area contributed by atoms with E-state index in [-0.39, 0.29) is 0 Å². The van der Waals surface area contributed by atoms with Gasteiger partial charge in [0.25, 0.3) is 0 Å². The zero-order valence-corrected chi connectivity index (χ0v) is 12.2. The van der Waals surface area contributed by atoms with Gasteiger partial charge in [0.1, 0.15) is 6.33 Å². The fourth-order valence-corrected chi connectivity index (χ4v) is 1.95. The monoisotopic (exact) mass is 330 g/mol. The molecule has 0 fully saturated rings. The standard InChI is InChI=1S/C13H11BrN6/c1-9(10-2-4-11(14)5-3-10)16-17-12-6-7-13-18-15-8-20(13)19-12/h2-8H,1H3,(H,17,19)/b16-9-. The minimum atomic E-state index is 0.633. The number of fused-ring (bicyclic) bond motifs is 1. The zero-order chi connectivity index (χ0) is 13.9. The highest BCUT2D eigenvalue weighted by Gasteiger charge is 2.00. The lowest BCUT2D eigenvalue weighted by Gasteiger charge is -2.03. The van der Waals surface area contributed by atoms with Gasteiger partial charge >= 0.3 is 0 Å². The van der Waals surface area contributed by atoms with Gasteiger partial charge in [0.2, 0.25) is 0 Å². The highest BCUT2D eigenvalue weighted by molar-refractivity contribution is 9.10. The van der Waals surface area contributed by atoms with E-state index >= 15 is 0 Å². The Bertz CT molecular complexity index is 762. The largest absolute Gasteiger partial charge is 0.260 e. The summed E-state index contributed by atoms with van der Waals surface area (Å²) in [6.45, 7) is 1.94. The maximum atomic E-state index is 4.32. The molecule has 7 heteroatoms. The normalized spacial score (nSPS) is 11.8. The van der Waals surface area contributed by atoms with Crippen LogP contribution < -0.4 is 5.43 Å². The summed E-state index contributed by atoms with van der Waals surface area (Å²) in [7, 11) is 0. The second kappa shape index (κ2) is 5.38. The molecule has 2 heterocycles. The first-order valence-corrected chi connectivity index (χ1v) is 6.75. The predicted octanol–water partition coefficient (Wildman–Crippen LogP) is 2.72. The number of anilines is 1. The van der Waals surface area contributed by atoms with Crippen LogP contribution in [0, 0.1) is 0 Å². The van der Waals surface area contributed by atoms with Crippen molar-refractivity contribution in [2.24, 2.45) is 5.10 Å². The second-order valence-corrected chi connectivity index (χ2v) is 5.08. The Kier molecular flexibility index (Phi) is 3.42. The van der Waals surface area contributed by atoms with Crippen LogP contribution >= 0.6 is 15.9 Å². The van der Waals surface area contributed by atoms with Crippen molar-refractivity contribution in [2.45, 2.75) is 6.92 Å². The van der Waals surface area contributed by atoms with E-state index in [1.54, 1.807) is 10.8 Å². The Morgan fingerprint density at radius 2 is 2.00 bits per heavy atom. The molecule has 100 valence electrons. The van der Waals surface area contributed by atoms with Crippen molar-refractivity contribution in [1.29, 1.82) is 0 Å². The number of aromatic nitrogens is 4. The molecule has 0 radical (unpaired) electrons. The van der Waals surface area contributed by atoms with Gasteiger partial charge in [-0.15, -0.1) is 15.3 Å². The Balaban J connectivity index is 1.80. The molecular formula is C13H11BrN6. The molecule has 0 saturated carbocycles. The van der Waals surface area contributed by atoms with Gasteiger partial charge in [0.15, 0.2) is 11.5 Å². The van der Waals surface area contributed by atoms with Gasteiger partial charge in [0.05, 0.1) is 5.71 Å². The van der Waals surface area contributed by atoms with Crippen molar-refractivity contribution in [3.05, 3.63) is 52.8 Å². The van der Waals surface area contributed by atoms with Crippen molar-refractivity contribution >= 4 is 33.1 Å². The van der Waals surface area contributed by atoms with E-state index in [0.29, 0.717) is 11.5 Å². The molecule has 0 aliphatic rings. The molecule has 0 unspecified atom stereocenters. The summed E-state index contributed by atoms with van der Waals surface area (Å²) in [5.74, 6) is 0.633. The molecule has 1 N–H and O–H groups in total. The first kappa shape index (κ1) is 12.7. The second-order valence-electron chi connectivity index (χ2n) is 4.17. The van der Waals surface area contributed by atoms with Crippen molar-refractivity contribution in [3.8, 4) is 0 Å². The number of halogens is 1. The summed E-state index contributed by atoms with van der Waals surface area (Å²) in [5.41, 5.74) is 5.55. The van der Waals surface area contributed by atoms with Gasteiger partial charge in [-0.05, 0) is 36.8 Å². The molecule has 6 nitrogen and oxygen atoms in total. The lowest BCUT2D eigenvalue weighted by atomic mass is 10.1. The van der Waals surface area contributed by atoms with Crippen LogP contribution in [-0.2, 0) is 0 Å². The summed E-state index contributed by atoms with van der Waals surface area (Å²) in [5, 5.41) is 16.3. The highest BCUT2D eigenvalue weighted by Crippen LogP contribution is 2.11. The average molecular weight is 331 g/mol. The molecule has 0 amide bonds. The average Bonchev–Trinajstić information content (AvgIpc) is 2.93. The van der Waals surface area contributed by atoms with Gasteiger partial charge in [-0.3, -0.25) is 5.43 Å². The lowest BCUT2D eigenvalue weighted by Crippen LogP contribution is -2.02. The number of hydrazone groups is 1. The maximum Gasteiger partial charge on any atom is 0.177 e. The smallest absolute Gasteiger partial charge is 0.177 e. The molecule has 0 aliphatic heterocycles. The van der Waals surface area contributed by atoms with Gasteiger partial charge in [-0.1, -0.05) is 28.1 Å². The first-order chi connectivity index (χ1) is 9.72. The van der Waals surface area contributed by atoms with Gasteiger partial charge in [0, 0.05) is 4.47 Å². The fourth-order valence-electron chi connectivity index (χ4n) is 1.68. The molecule has 3 rings (SSSR count). The quantitative estimate of drug-likeness (QED) is 0.592. The molecule has 1 aromatic carbocycles. The van der Waals surface area contributed by atoms with E-state index in [1.807, 2.05) is 43.3 Å². The topological polar surface area (TPSA) is 67.5 Å². The van der Waals surface area contributed by atoms with Crippen LogP contribution in [0.15, 0.2) is 52.3 Å². The van der Waals surface area contributed by atoms with Gasteiger partial charge in [-0.25, -0.2) is 0 Å². The summed E-state index contributed by atoms with van der Waals surface area (Å²) >= 11 is 3.41. The van der Waals surface area contributed by atoms with E-state index in [0.717, 1.165) is 15.7 Å². The number of hydrogen-bond acceptors (Lipinski definition) is 5. The van der Waals surface area contributed by atoms with Crippen LogP contribution in [0.1, 0.15) is 12.5 Å². The molecule has 0 bridgehead atoms. The van der Waals surface area contributed by atoms with Gasteiger partial charge in [-0.2, -0.15) is 9.62 Å². The Labute approximate surface area is 123 Å². The third kappa shape index (κ3) is 2.67. The molecular weight excluding hydrogens is 320 g/mol. The van der Waals surface area contributed by atoms with E-state index in [4.69, 9.17) is 0 Å². The van der Waals surface area contributed by atoms with Crippen molar-refractivity contribution in [1.82, 2.24) is 19.8 Å². The summed E-state index contributed by atoms with van der Waals surface area (Å²) in [4.78, 5) is 0. The van der Waals surface area contributed by atoms with Crippen molar-refractivity contribution in [3.63, 3.8) is 0 Å². The third-order valence-electron chi connectivity index (χ3n) is 2.76. The Morgan fingerprint density at radius 3 is 2.80 bits per heavy atom. The number of hydrogen-bond donors (Lipinski definition) is 1.